The highest BCUT2D eigenvalue weighted by atomic mass is 16.3. The third-order valence-electron chi connectivity index (χ3n) is 3.68. The van der Waals surface area contributed by atoms with Gasteiger partial charge in [0.1, 0.15) is 11.2 Å². The van der Waals surface area contributed by atoms with Crippen LogP contribution in [0.2, 0.25) is 0 Å². The first-order valence-corrected chi connectivity index (χ1v) is 6.84. The van der Waals surface area contributed by atoms with Gasteiger partial charge in [0.15, 0.2) is 5.78 Å². The van der Waals surface area contributed by atoms with Crippen LogP contribution in [-0.4, -0.2) is 5.78 Å². The average molecular weight is 272 g/mol. The van der Waals surface area contributed by atoms with Crippen molar-refractivity contribution in [2.24, 2.45) is 0 Å². The molecule has 100 valence electrons. The molecule has 3 aromatic carbocycles. The average Bonchev–Trinajstić information content (AvgIpc) is 2.92. The SMILES string of the molecule is O=C(c1ccccc1)c1ccc2c(c1)oc1ccccc12. The van der Waals surface area contributed by atoms with Crippen LogP contribution in [0, 0.1) is 0 Å². The van der Waals surface area contributed by atoms with Crippen LogP contribution in [0.5, 0.6) is 0 Å². The lowest BCUT2D eigenvalue weighted by molar-refractivity contribution is 0.103. The molecule has 1 heterocycles. The van der Waals surface area contributed by atoms with Crippen LogP contribution < -0.4 is 0 Å². The van der Waals surface area contributed by atoms with Gasteiger partial charge in [-0.1, -0.05) is 54.6 Å². The highest BCUT2D eigenvalue weighted by molar-refractivity contribution is 6.12. The molecule has 0 bridgehead atoms. The van der Waals surface area contributed by atoms with E-state index in [0.29, 0.717) is 11.1 Å². The van der Waals surface area contributed by atoms with Gasteiger partial charge in [0.25, 0.3) is 0 Å². The Morgan fingerprint density at radius 2 is 1.38 bits per heavy atom. The van der Waals surface area contributed by atoms with Gasteiger partial charge in [0.05, 0.1) is 0 Å². The van der Waals surface area contributed by atoms with Crippen LogP contribution in [0.25, 0.3) is 21.9 Å². The molecule has 0 aliphatic carbocycles. The molecule has 2 heteroatoms. The first kappa shape index (κ1) is 11.9. The molecule has 0 atom stereocenters. The molecule has 21 heavy (non-hydrogen) atoms. The maximum absolute atomic E-state index is 12.5. The first-order valence-electron chi connectivity index (χ1n) is 6.84. The fraction of sp³-hybridized carbons (Fsp3) is 0. The molecule has 0 aliphatic heterocycles. The number of benzene rings is 3. The maximum atomic E-state index is 12.5. The van der Waals surface area contributed by atoms with E-state index in [4.69, 9.17) is 4.42 Å². The molecule has 0 unspecified atom stereocenters. The number of ketones is 1. The van der Waals surface area contributed by atoms with E-state index in [9.17, 15) is 4.79 Å². The summed E-state index contributed by atoms with van der Waals surface area (Å²) in [4.78, 5) is 12.5. The van der Waals surface area contributed by atoms with Crippen LogP contribution in [0.4, 0.5) is 0 Å². The van der Waals surface area contributed by atoms with Crippen LogP contribution in [-0.2, 0) is 0 Å². The second kappa shape index (κ2) is 4.60. The third kappa shape index (κ3) is 1.93. The van der Waals surface area contributed by atoms with Gasteiger partial charge in [0.2, 0.25) is 0 Å². The highest BCUT2D eigenvalue weighted by Gasteiger charge is 2.12. The van der Waals surface area contributed by atoms with Crippen molar-refractivity contribution in [1.29, 1.82) is 0 Å². The Balaban J connectivity index is 1.88. The summed E-state index contributed by atoms with van der Waals surface area (Å²) in [6.45, 7) is 0. The summed E-state index contributed by atoms with van der Waals surface area (Å²) in [5, 5.41) is 2.11. The molecule has 1 aromatic heterocycles. The zero-order chi connectivity index (χ0) is 14.2. The summed E-state index contributed by atoms with van der Waals surface area (Å²) in [7, 11) is 0. The second-order valence-corrected chi connectivity index (χ2v) is 5.00. The van der Waals surface area contributed by atoms with Crippen molar-refractivity contribution in [2.75, 3.05) is 0 Å². The van der Waals surface area contributed by atoms with Crippen molar-refractivity contribution < 1.29 is 9.21 Å². The molecule has 0 aliphatic rings. The predicted octanol–water partition coefficient (Wildman–Crippen LogP) is 4.82. The second-order valence-electron chi connectivity index (χ2n) is 5.00. The molecule has 0 spiro atoms. The van der Waals surface area contributed by atoms with Gasteiger partial charge in [-0.05, 0) is 18.2 Å². The number of para-hydroxylation sites is 1. The largest absolute Gasteiger partial charge is 0.456 e. The lowest BCUT2D eigenvalue weighted by atomic mass is 10.0. The van der Waals surface area contributed by atoms with Crippen LogP contribution in [0.1, 0.15) is 15.9 Å². The summed E-state index contributed by atoms with van der Waals surface area (Å²) < 4.78 is 5.83. The molecule has 0 amide bonds. The van der Waals surface area contributed by atoms with Gasteiger partial charge in [-0.2, -0.15) is 0 Å². The number of carbonyl (C=O) groups excluding carboxylic acids is 1. The number of rotatable bonds is 2. The number of carbonyl (C=O) groups is 1. The molecular weight excluding hydrogens is 260 g/mol. The Morgan fingerprint density at radius 1 is 0.667 bits per heavy atom. The van der Waals surface area contributed by atoms with Gasteiger partial charge in [-0.3, -0.25) is 4.79 Å². The minimum absolute atomic E-state index is 0.0120. The molecule has 0 radical (unpaired) electrons. The predicted molar refractivity (Wildman–Crippen MR) is 83.6 cm³/mol. The molecule has 4 rings (SSSR count). The van der Waals surface area contributed by atoms with Crippen molar-refractivity contribution in [3.05, 3.63) is 83.9 Å². The quantitative estimate of drug-likeness (QED) is 0.490. The smallest absolute Gasteiger partial charge is 0.193 e. The summed E-state index contributed by atoms with van der Waals surface area (Å²) in [6, 6.07) is 22.8. The molecule has 0 fully saturated rings. The van der Waals surface area contributed by atoms with Crippen molar-refractivity contribution in [1.82, 2.24) is 0 Å². The van der Waals surface area contributed by atoms with Crippen molar-refractivity contribution in [3.63, 3.8) is 0 Å². The van der Waals surface area contributed by atoms with Gasteiger partial charge in [0, 0.05) is 21.9 Å². The fourth-order valence-corrected chi connectivity index (χ4v) is 2.62. The third-order valence-corrected chi connectivity index (χ3v) is 3.68. The molecule has 0 saturated heterocycles. The van der Waals surface area contributed by atoms with E-state index in [2.05, 4.69) is 0 Å². The number of furan rings is 1. The summed E-state index contributed by atoms with van der Waals surface area (Å²) in [6.07, 6.45) is 0. The topological polar surface area (TPSA) is 30.2 Å². The van der Waals surface area contributed by atoms with Gasteiger partial charge in [-0.25, -0.2) is 0 Å². The highest BCUT2D eigenvalue weighted by Crippen LogP contribution is 2.29. The van der Waals surface area contributed by atoms with Crippen molar-refractivity contribution >= 4 is 27.7 Å². The normalized spacial score (nSPS) is 11.0. The minimum Gasteiger partial charge on any atom is -0.456 e. The zero-order valence-electron chi connectivity index (χ0n) is 11.2. The van der Waals surface area contributed by atoms with E-state index in [1.807, 2.05) is 72.8 Å². The monoisotopic (exact) mass is 272 g/mol. The van der Waals surface area contributed by atoms with E-state index in [0.717, 1.165) is 21.9 Å². The van der Waals surface area contributed by atoms with Crippen LogP contribution in [0.3, 0.4) is 0 Å². The van der Waals surface area contributed by atoms with Crippen molar-refractivity contribution in [2.45, 2.75) is 0 Å². The molecule has 0 saturated carbocycles. The first-order chi connectivity index (χ1) is 10.3. The van der Waals surface area contributed by atoms with Crippen molar-refractivity contribution in [3.8, 4) is 0 Å². The Labute approximate surface area is 121 Å². The summed E-state index contributed by atoms with van der Waals surface area (Å²) in [5.41, 5.74) is 2.93. The van der Waals surface area contributed by atoms with E-state index < -0.39 is 0 Å². The summed E-state index contributed by atoms with van der Waals surface area (Å²) >= 11 is 0. The number of hydrogen-bond acceptors (Lipinski definition) is 2. The Morgan fingerprint density at radius 3 is 2.24 bits per heavy atom. The van der Waals surface area contributed by atoms with E-state index in [1.54, 1.807) is 0 Å². The van der Waals surface area contributed by atoms with E-state index in [1.165, 1.54) is 0 Å². The van der Waals surface area contributed by atoms with E-state index >= 15 is 0 Å². The lowest BCUT2D eigenvalue weighted by Crippen LogP contribution is -2.00. The number of fused-ring (bicyclic) bond motifs is 3. The molecule has 0 N–H and O–H groups in total. The van der Waals surface area contributed by atoms with E-state index in [-0.39, 0.29) is 5.78 Å². The standard InChI is InChI=1S/C19H12O2/c20-19(13-6-2-1-3-7-13)14-10-11-16-15-8-4-5-9-17(15)21-18(16)12-14/h1-12H. The van der Waals surface area contributed by atoms with Crippen LogP contribution >= 0.6 is 0 Å². The van der Waals surface area contributed by atoms with Crippen LogP contribution in [0.15, 0.2) is 77.2 Å². The lowest BCUT2D eigenvalue weighted by Gasteiger charge is -2.00. The van der Waals surface area contributed by atoms with Gasteiger partial charge in [-0.15, -0.1) is 0 Å². The summed E-state index contributed by atoms with van der Waals surface area (Å²) in [5.74, 6) is 0.0120. The maximum Gasteiger partial charge on any atom is 0.193 e. The van der Waals surface area contributed by atoms with Gasteiger partial charge >= 0.3 is 0 Å². The molecule has 4 aromatic rings. The number of hydrogen-bond donors (Lipinski definition) is 0. The minimum atomic E-state index is 0.0120. The Kier molecular flexibility index (Phi) is 2.61. The fourth-order valence-electron chi connectivity index (χ4n) is 2.62. The molecular formula is C19H12O2. The van der Waals surface area contributed by atoms with Gasteiger partial charge < -0.3 is 4.42 Å². The molecule has 2 nitrogen and oxygen atoms in total. The zero-order valence-corrected chi connectivity index (χ0v) is 11.2. The Hall–Kier alpha value is -2.87. The Bertz CT molecular complexity index is 949.